The number of nitrogens with zero attached hydrogens (tertiary/aromatic N) is 2. The molecule has 0 fully saturated rings. The standard InChI is InChI=1S/C16H23N3S/c1-4-19(5-2)14-8-6-13(7-9-14)10-15-12(3)18-16(11-17)20-15/h6-9H,4-5,10-11,17H2,1-3H3. The van der Waals surface area contributed by atoms with E-state index in [2.05, 4.69) is 54.9 Å². The van der Waals surface area contributed by atoms with E-state index >= 15 is 0 Å². The molecule has 1 aromatic carbocycles. The Balaban J connectivity index is 2.12. The summed E-state index contributed by atoms with van der Waals surface area (Å²) in [5, 5.41) is 1.03. The van der Waals surface area contributed by atoms with Crippen molar-refractivity contribution in [3.8, 4) is 0 Å². The van der Waals surface area contributed by atoms with Crippen LogP contribution in [-0.2, 0) is 13.0 Å². The van der Waals surface area contributed by atoms with Gasteiger partial charge in [-0.3, -0.25) is 0 Å². The Bertz CT molecular complexity index is 541. The number of anilines is 1. The van der Waals surface area contributed by atoms with Gasteiger partial charge in [0.2, 0.25) is 0 Å². The first-order chi connectivity index (χ1) is 9.67. The van der Waals surface area contributed by atoms with Gasteiger partial charge in [-0.05, 0) is 38.5 Å². The number of aryl methyl sites for hydroxylation is 1. The molecule has 2 N–H and O–H groups in total. The van der Waals surface area contributed by atoms with E-state index in [1.165, 1.54) is 16.1 Å². The van der Waals surface area contributed by atoms with Crippen LogP contribution in [0.4, 0.5) is 5.69 Å². The lowest BCUT2D eigenvalue weighted by Crippen LogP contribution is -2.21. The van der Waals surface area contributed by atoms with Gasteiger partial charge in [0.05, 0.1) is 5.69 Å². The third-order valence-electron chi connectivity index (χ3n) is 3.54. The molecule has 0 atom stereocenters. The summed E-state index contributed by atoms with van der Waals surface area (Å²) >= 11 is 1.73. The molecular weight excluding hydrogens is 266 g/mol. The van der Waals surface area contributed by atoms with Crippen molar-refractivity contribution in [1.82, 2.24) is 4.98 Å². The maximum atomic E-state index is 5.65. The van der Waals surface area contributed by atoms with E-state index in [1.807, 2.05) is 0 Å². The van der Waals surface area contributed by atoms with Gasteiger partial charge in [0.1, 0.15) is 5.01 Å². The van der Waals surface area contributed by atoms with Crippen molar-refractivity contribution in [2.24, 2.45) is 5.73 Å². The minimum absolute atomic E-state index is 0.534. The molecule has 0 spiro atoms. The number of nitrogens with two attached hydrogens (primary N) is 1. The maximum absolute atomic E-state index is 5.65. The summed E-state index contributed by atoms with van der Waals surface area (Å²) in [5.74, 6) is 0. The molecule has 1 aromatic heterocycles. The minimum atomic E-state index is 0.534. The zero-order chi connectivity index (χ0) is 14.5. The molecule has 20 heavy (non-hydrogen) atoms. The predicted molar refractivity (Wildman–Crippen MR) is 87.6 cm³/mol. The van der Waals surface area contributed by atoms with Crippen LogP contribution >= 0.6 is 11.3 Å². The van der Waals surface area contributed by atoms with Crippen LogP contribution in [0, 0.1) is 6.92 Å². The molecule has 3 nitrogen and oxygen atoms in total. The first kappa shape index (κ1) is 15.0. The van der Waals surface area contributed by atoms with Gasteiger partial charge in [-0.15, -0.1) is 11.3 Å². The quantitative estimate of drug-likeness (QED) is 0.887. The molecule has 0 aliphatic carbocycles. The van der Waals surface area contributed by atoms with Crippen LogP contribution in [0.15, 0.2) is 24.3 Å². The largest absolute Gasteiger partial charge is 0.372 e. The molecule has 2 aromatic rings. The van der Waals surface area contributed by atoms with Crippen molar-refractivity contribution in [1.29, 1.82) is 0 Å². The summed E-state index contributed by atoms with van der Waals surface area (Å²) in [6, 6.07) is 8.86. The SMILES string of the molecule is CCN(CC)c1ccc(Cc2sc(CN)nc2C)cc1. The Labute approximate surface area is 125 Å². The number of hydrogen-bond donors (Lipinski definition) is 1. The molecule has 0 radical (unpaired) electrons. The van der Waals surface area contributed by atoms with Gasteiger partial charge in [-0.2, -0.15) is 0 Å². The van der Waals surface area contributed by atoms with Crippen molar-refractivity contribution < 1.29 is 0 Å². The molecule has 0 aliphatic rings. The van der Waals surface area contributed by atoms with Crippen LogP contribution < -0.4 is 10.6 Å². The molecule has 4 heteroatoms. The summed E-state index contributed by atoms with van der Waals surface area (Å²) < 4.78 is 0. The van der Waals surface area contributed by atoms with Crippen LogP contribution in [0.25, 0.3) is 0 Å². The Morgan fingerprint density at radius 1 is 1.15 bits per heavy atom. The monoisotopic (exact) mass is 289 g/mol. The zero-order valence-corrected chi connectivity index (χ0v) is 13.3. The van der Waals surface area contributed by atoms with Crippen molar-refractivity contribution in [2.45, 2.75) is 33.7 Å². The van der Waals surface area contributed by atoms with E-state index in [0.29, 0.717) is 6.54 Å². The molecule has 2 rings (SSSR count). The molecule has 108 valence electrons. The summed E-state index contributed by atoms with van der Waals surface area (Å²) in [5.41, 5.74) is 9.39. The van der Waals surface area contributed by atoms with Crippen molar-refractivity contribution in [2.75, 3.05) is 18.0 Å². The van der Waals surface area contributed by atoms with Crippen molar-refractivity contribution in [3.05, 3.63) is 45.4 Å². The van der Waals surface area contributed by atoms with Gasteiger partial charge >= 0.3 is 0 Å². The van der Waals surface area contributed by atoms with Crippen LogP contribution in [-0.4, -0.2) is 18.1 Å². The summed E-state index contributed by atoms with van der Waals surface area (Å²) in [7, 11) is 0. The van der Waals surface area contributed by atoms with Gasteiger partial charge in [0.25, 0.3) is 0 Å². The van der Waals surface area contributed by atoms with Crippen LogP contribution in [0.1, 0.15) is 35.0 Å². The molecule has 1 heterocycles. The predicted octanol–water partition coefficient (Wildman–Crippen LogP) is 3.35. The third kappa shape index (κ3) is 3.38. The fourth-order valence-corrected chi connectivity index (χ4v) is 3.32. The average Bonchev–Trinajstić information content (AvgIpc) is 2.82. The van der Waals surface area contributed by atoms with Crippen LogP contribution in [0.5, 0.6) is 0 Å². The van der Waals surface area contributed by atoms with E-state index in [4.69, 9.17) is 5.73 Å². The lowest BCUT2D eigenvalue weighted by atomic mass is 10.1. The number of hydrogen-bond acceptors (Lipinski definition) is 4. The molecular formula is C16H23N3S. The van der Waals surface area contributed by atoms with Gasteiger partial charge in [-0.1, -0.05) is 12.1 Å². The highest BCUT2D eigenvalue weighted by Crippen LogP contribution is 2.23. The highest BCUT2D eigenvalue weighted by Gasteiger charge is 2.08. The Kier molecular flexibility index (Phi) is 5.15. The molecule has 0 unspecified atom stereocenters. The molecule has 0 saturated carbocycles. The lowest BCUT2D eigenvalue weighted by molar-refractivity contribution is 0.866. The number of benzene rings is 1. The van der Waals surface area contributed by atoms with Gasteiger partial charge in [-0.25, -0.2) is 4.98 Å². The van der Waals surface area contributed by atoms with Crippen molar-refractivity contribution in [3.63, 3.8) is 0 Å². The fourth-order valence-electron chi connectivity index (χ4n) is 2.34. The van der Waals surface area contributed by atoms with Gasteiger partial charge in [0.15, 0.2) is 0 Å². The highest BCUT2D eigenvalue weighted by molar-refractivity contribution is 7.11. The lowest BCUT2D eigenvalue weighted by Gasteiger charge is -2.21. The molecule has 0 amide bonds. The first-order valence-electron chi connectivity index (χ1n) is 7.17. The normalized spacial score (nSPS) is 10.8. The van der Waals surface area contributed by atoms with E-state index in [1.54, 1.807) is 11.3 Å². The van der Waals surface area contributed by atoms with E-state index in [-0.39, 0.29) is 0 Å². The van der Waals surface area contributed by atoms with Gasteiger partial charge in [0, 0.05) is 36.6 Å². The number of thiazole rings is 1. The zero-order valence-electron chi connectivity index (χ0n) is 12.5. The Hall–Kier alpha value is -1.39. The smallest absolute Gasteiger partial charge is 0.107 e. The van der Waals surface area contributed by atoms with Gasteiger partial charge < -0.3 is 10.6 Å². The van der Waals surface area contributed by atoms with E-state index in [9.17, 15) is 0 Å². The first-order valence-corrected chi connectivity index (χ1v) is 7.98. The minimum Gasteiger partial charge on any atom is -0.372 e. The molecule has 0 aliphatic heterocycles. The number of aromatic nitrogens is 1. The Morgan fingerprint density at radius 2 is 1.80 bits per heavy atom. The average molecular weight is 289 g/mol. The topological polar surface area (TPSA) is 42.1 Å². The second-order valence-corrected chi connectivity index (χ2v) is 6.00. The highest BCUT2D eigenvalue weighted by atomic mass is 32.1. The van der Waals surface area contributed by atoms with Crippen molar-refractivity contribution >= 4 is 17.0 Å². The molecule has 0 bridgehead atoms. The Morgan fingerprint density at radius 3 is 2.30 bits per heavy atom. The summed E-state index contributed by atoms with van der Waals surface area (Å²) in [6.45, 7) is 9.06. The second-order valence-electron chi connectivity index (χ2n) is 4.84. The molecule has 0 saturated heterocycles. The van der Waals surface area contributed by atoms with E-state index < -0.39 is 0 Å². The van der Waals surface area contributed by atoms with Crippen LogP contribution in [0.3, 0.4) is 0 Å². The second kappa shape index (κ2) is 6.86. The van der Waals surface area contributed by atoms with Crippen LogP contribution in [0.2, 0.25) is 0 Å². The number of rotatable bonds is 6. The van der Waals surface area contributed by atoms with E-state index in [0.717, 1.165) is 30.2 Å². The summed E-state index contributed by atoms with van der Waals surface area (Å²) in [4.78, 5) is 8.16. The fraction of sp³-hybridized carbons (Fsp3) is 0.438. The maximum Gasteiger partial charge on any atom is 0.107 e. The third-order valence-corrected chi connectivity index (χ3v) is 4.72. The summed E-state index contributed by atoms with van der Waals surface area (Å²) in [6.07, 6.45) is 0.946.